The lowest BCUT2D eigenvalue weighted by molar-refractivity contribution is -0.137. The first-order valence-electron chi connectivity index (χ1n) is 10.6. The van der Waals surface area contributed by atoms with E-state index in [1.807, 2.05) is 30.3 Å². The van der Waals surface area contributed by atoms with Crippen LogP contribution in [-0.4, -0.2) is 78.4 Å². The van der Waals surface area contributed by atoms with Crippen molar-refractivity contribution in [2.45, 2.75) is 13.0 Å². The van der Waals surface area contributed by atoms with E-state index < -0.39 is 0 Å². The Kier molecular flexibility index (Phi) is 7.08. The average Bonchev–Trinajstić information content (AvgIpc) is 2.83. The molecular formula is C23H27N5O4. The van der Waals surface area contributed by atoms with Gasteiger partial charge in [0, 0.05) is 50.8 Å². The molecule has 0 aliphatic carbocycles. The fourth-order valence-electron chi connectivity index (χ4n) is 3.53. The number of amides is 1. The molecule has 9 nitrogen and oxygen atoms in total. The van der Waals surface area contributed by atoms with E-state index in [9.17, 15) is 4.79 Å². The predicted octanol–water partition coefficient (Wildman–Crippen LogP) is 2.38. The van der Waals surface area contributed by atoms with Crippen LogP contribution in [0.5, 0.6) is 5.88 Å². The lowest BCUT2D eigenvalue weighted by Crippen LogP contribution is -2.46. The molecule has 32 heavy (non-hydrogen) atoms. The third kappa shape index (κ3) is 5.30. The Morgan fingerprint density at radius 3 is 2.84 bits per heavy atom. The number of hydrogen-bond acceptors (Lipinski definition) is 8. The standard InChI is InChI=1S/C23H27N5O4/c1-16(29)28-10-12-31-19(14-28)15-32-23-22-21(25-7-8-26-22)13-20(27-23)17-3-5-18(6-4-17)24-9-11-30-2/h3-8,13,19,24H,9-12,14-15H2,1-2H3/t19-/m0/s1. The molecule has 1 N–H and O–H groups in total. The van der Waals surface area contributed by atoms with Gasteiger partial charge in [0.05, 0.1) is 31.0 Å². The second kappa shape index (κ2) is 10.3. The Morgan fingerprint density at radius 2 is 2.06 bits per heavy atom. The van der Waals surface area contributed by atoms with Crippen LogP contribution >= 0.6 is 0 Å². The van der Waals surface area contributed by atoms with Gasteiger partial charge in [-0.05, 0) is 18.2 Å². The number of methoxy groups -OCH3 is 1. The zero-order valence-electron chi connectivity index (χ0n) is 18.3. The molecule has 3 aromatic rings. The highest BCUT2D eigenvalue weighted by Gasteiger charge is 2.23. The molecule has 1 amide bonds. The number of ether oxygens (including phenoxy) is 3. The van der Waals surface area contributed by atoms with Crippen LogP contribution < -0.4 is 10.1 Å². The van der Waals surface area contributed by atoms with Crippen molar-refractivity contribution < 1.29 is 19.0 Å². The highest BCUT2D eigenvalue weighted by atomic mass is 16.5. The molecule has 2 aromatic heterocycles. The minimum atomic E-state index is -0.220. The fraction of sp³-hybridized carbons (Fsp3) is 0.391. The molecule has 168 valence electrons. The summed E-state index contributed by atoms with van der Waals surface area (Å²) in [6.45, 7) is 4.81. The summed E-state index contributed by atoms with van der Waals surface area (Å²) in [5.74, 6) is 0.436. The molecule has 0 spiro atoms. The van der Waals surface area contributed by atoms with Crippen molar-refractivity contribution in [3.63, 3.8) is 0 Å². The van der Waals surface area contributed by atoms with E-state index in [4.69, 9.17) is 19.2 Å². The molecule has 1 saturated heterocycles. The van der Waals surface area contributed by atoms with Gasteiger partial charge in [0.25, 0.3) is 0 Å². The van der Waals surface area contributed by atoms with E-state index in [2.05, 4.69) is 15.3 Å². The van der Waals surface area contributed by atoms with Crippen molar-refractivity contribution in [3.05, 3.63) is 42.7 Å². The molecule has 4 rings (SSSR count). The van der Waals surface area contributed by atoms with Crippen LogP contribution in [0.1, 0.15) is 6.92 Å². The van der Waals surface area contributed by atoms with E-state index in [0.29, 0.717) is 43.2 Å². The molecule has 1 aromatic carbocycles. The van der Waals surface area contributed by atoms with Gasteiger partial charge in [-0.2, -0.15) is 0 Å². The topological polar surface area (TPSA) is 98.7 Å². The second-order valence-corrected chi connectivity index (χ2v) is 7.50. The van der Waals surface area contributed by atoms with Gasteiger partial charge in [-0.15, -0.1) is 0 Å². The van der Waals surface area contributed by atoms with Crippen molar-refractivity contribution in [2.75, 3.05) is 51.9 Å². The van der Waals surface area contributed by atoms with E-state index in [1.54, 1.807) is 31.3 Å². The SMILES string of the molecule is COCCNc1ccc(-c2cc3nccnc3c(OC[C@@H]3CN(C(C)=O)CCO3)n2)cc1. The summed E-state index contributed by atoms with van der Waals surface area (Å²) in [7, 11) is 1.68. The number of morpholine rings is 1. The third-order valence-electron chi connectivity index (χ3n) is 5.23. The van der Waals surface area contributed by atoms with Crippen LogP contribution in [0, 0.1) is 0 Å². The van der Waals surface area contributed by atoms with Crippen molar-refractivity contribution in [1.29, 1.82) is 0 Å². The molecule has 0 saturated carbocycles. The lowest BCUT2D eigenvalue weighted by atomic mass is 10.1. The highest BCUT2D eigenvalue weighted by molar-refractivity contribution is 5.83. The quantitative estimate of drug-likeness (QED) is 0.537. The number of carbonyl (C=O) groups is 1. The third-order valence-corrected chi connectivity index (χ3v) is 5.23. The van der Waals surface area contributed by atoms with E-state index >= 15 is 0 Å². The summed E-state index contributed by atoms with van der Waals surface area (Å²) < 4.78 is 16.9. The highest BCUT2D eigenvalue weighted by Crippen LogP contribution is 2.28. The Bertz CT molecular complexity index is 1060. The van der Waals surface area contributed by atoms with Crippen LogP contribution in [0.25, 0.3) is 22.3 Å². The molecule has 0 bridgehead atoms. The number of pyridine rings is 1. The Labute approximate surface area is 186 Å². The maximum atomic E-state index is 11.7. The number of carbonyl (C=O) groups excluding carboxylic acids is 1. The van der Waals surface area contributed by atoms with E-state index in [0.717, 1.165) is 23.5 Å². The Hall–Kier alpha value is -3.30. The first-order chi connectivity index (χ1) is 15.6. The van der Waals surface area contributed by atoms with Crippen molar-refractivity contribution in [3.8, 4) is 17.1 Å². The maximum Gasteiger partial charge on any atom is 0.242 e. The van der Waals surface area contributed by atoms with Crippen LogP contribution in [0.3, 0.4) is 0 Å². The average molecular weight is 438 g/mol. The number of nitrogens with zero attached hydrogens (tertiary/aromatic N) is 4. The predicted molar refractivity (Wildman–Crippen MR) is 121 cm³/mol. The summed E-state index contributed by atoms with van der Waals surface area (Å²) in [4.78, 5) is 27.0. The van der Waals surface area contributed by atoms with Crippen molar-refractivity contribution >= 4 is 22.6 Å². The monoisotopic (exact) mass is 437 g/mol. The minimum absolute atomic E-state index is 0.0369. The van der Waals surface area contributed by atoms with Crippen LogP contribution in [0.2, 0.25) is 0 Å². The van der Waals surface area contributed by atoms with Crippen LogP contribution in [0.4, 0.5) is 5.69 Å². The molecule has 3 heterocycles. The van der Waals surface area contributed by atoms with E-state index in [-0.39, 0.29) is 18.6 Å². The number of aromatic nitrogens is 3. The molecule has 1 aliphatic heterocycles. The zero-order chi connectivity index (χ0) is 22.3. The number of hydrogen-bond donors (Lipinski definition) is 1. The second-order valence-electron chi connectivity index (χ2n) is 7.50. The Morgan fingerprint density at radius 1 is 1.25 bits per heavy atom. The summed E-state index contributed by atoms with van der Waals surface area (Å²) in [6, 6.07) is 9.90. The van der Waals surface area contributed by atoms with Gasteiger partial charge in [-0.1, -0.05) is 12.1 Å². The largest absolute Gasteiger partial charge is 0.473 e. The first-order valence-corrected chi connectivity index (χ1v) is 10.6. The minimum Gasteiger partial charge on any atom is -0.473 e. The summed E-state index contributed by atoms with van der Waals surface area (Å²) >= 11 is 0. The van der Waals surface area contributed by atoms with Gasteiger partial charge in [0.1, 0.15) is 12.7 Å². The normalized spacial score (nSPS) is 16.2. The van der Waals surface area contributed by atoms with Crippen LogP contribution in [0.15, 0.2) is 42.7 Å². The maximum absolute atomic E-state index is 11.7. The van der Waals surface area contributed by atoms with Gasteiger partial charge >= 0.3 is 0 Å². The van der Waals surface area contributed by atoms with Gasteiger partial charge in [0.15, 0.2) is 5.52 Å². The number of fused-ring (bicyclic) bond motifs is 1. The number of benzene rings is 1. The molecule has 1 fully saturated rings. The molecule has 1 atom stereocenters. The van der Waals surface area contributed by atoms with Gasteiger partial charge in [-0.25, -0.2) is 9.97 Å². The fourth-order valence-corrected chi connectivity index (χ4v) is 3.53. The smallest absolute Gasteiger partial charge is 0.242 e. The van der Waals surface area contributed by atoms with Gasteiger partial charge in [-0.3, -0.25) is 9.78 Å². The summed E-state index contributed by atoms with van der Waals surface area (Å²) in [6.07, 6.45) is 3.04. The van der Waals surface area contributed by atoms with Gasteiger partial charge in [0.2, 0.25) is 11.8 Å². The molecule has 1 aliphatic rings. The summed E-state index contributed by atoms with van der Waals surface area (Å²) in [5, 5.41) is 3.30. The van der Waals surface area contributed by atoms with E-state index in [1.165, 1.54) is 0 Å². The lowest BCUT2D eigenvalue weighted by Gasteiger charge is -2.32. The number of nitrogens with one attached hydrogen (secondary N) is 1. The Balaban J connectivity index is 1.53. The van der Waals surface area contributed by atoms with Crippen molar-refractivity contribution in [1.82, 2.24) is 19.9 Å². The van der Waals surface area contributed by atoms with Crippen molar-refractivity contribution in [2.24, 2.45) is 0 Å². The molecule has 9 heteroatoms. The number of rotatable bonds is 8. The number of anilines is 1. The van der Waals surface area contributed by atoms with Crippen LogP contribution in [-0.2, 0) is 14.3 Å². The first kappa shape index (κ1) is 21.9. The molecular weight excluding hydrogens is 410 g/mol. The van der Waals surface area contributed by atoms with Gasteiger partial charge < -0.3 is 24.4 Å². The molecule has 0 unspecified atom stereocenters. The zero-order valence-corrected chi connectivity index (χ0v) is 18.3. The molecule has 0 radical (unpaired) electrons. The summed E-state index contributed by atoms with van der Waals surface area (Å²) in [5.41, 5.74) is 3.98.